The number of rotatable bonds is 3. The first-order valence-electron chi connectivity index (χ1n) is 9.14. The SMILES string of the molecule is CCc1ccc2c(c1)N(CC1CNCCO1)c1ccccc1CC2. The Labute approximate surface area is 144 Å². The number of nitrogens with zero attached hydrogens (tertiary/aromatic N) is 1. The molecular formula is C21H26N2O. The van der Waals surface area contributed by atoms with Gasteiger partial charge in [-0.3, -0.25) is 0 Å². The van der Waals surface area contributed by atoms with Crippen LogP contribution in [0.3, 0.4) is 0 Å². The lowest BCUT2D eigenvalue weighted by Gasteiger charge is -2.33. The highest BCUT2D eigenvalue weighted by molar-refractivity contribution is 5.71. The summed E-state index contributed by atoms with van der Waals surface area (Å²) in [6.45, 7) is 5.84. The van der Waals surface area contributed by atoms with Crippen molar-refractivity contribution in [2.75, 3.05) is 31.1 Å². The van der Waals surface area contributed by atoms with Gasteiger partial charge in [0.25, 0.3) is 0 Å². The van der Waals surface area contributed by atoms with Crippen molar-refractivity contribution in [2.24, 2.45) is 0 Å². The number of benzene rings is 2. The zero-order valence-corrected chi connectivity index (χ0v) is 14.4. The van der Waals surface area contributed by atoms with Gasteiger partial charge in [-0.25, -0.2) is 0 Å². The van der Waals surface area contributed by atoms with Crippen molar-refractivity contribution in [3.05, 3.63) is 59.2 Å². The lowest BCUT2D eigenvalue weighted by atomic mass is 10.0. The van der Waals surface area contributed by atoms with Crippen LogP contribution in [0.15, 0.2) is 42.5 Å². The lowest BCUT2D eigenvalue weighted by Crippen LogP contribution is -2.44. The third-order valence-corrected chi connectivity index (χ3v) is 5.19. The standard InChI is InChI=1S/C21H26N2O/c1-2-16-7-8-18-10-9-17-5-3-4-6-20(17)23(21(18)13-16)15-19-14-22-11-12-24-19/h3-8,13,19,22H,2,9-12,14-15H2,1H3. The first-order valence-corrected chi connectivity index (χ1v) is 9.14. The quantitative estimate of drug-likeness (QED) is 0.936. The van der Waals surface area contributed by atoms with Gasteiger partial charge in [0.05, 0.1) is 19.3 Å². The number of morpholine rings is 1. The monoisotopic (exact) mass is 322 g/mol. The number of para-hydroxylation sites is 1. The topological polar surface area (TPSA) is 24.5 Å². The van der Waals surface area contributed by atoms with E-state index in [1.807, 2.05) is 0 Å². The Hall–Kier alpha value is -1.84. The molecule has 24 heavy (non-hydrogen) atoms. The number of aryl methyl sites for hydroxylation is 3. The minimum atomic E-state index is 0.239. The Morgan fingerprint density at radius 3 is 2.71 bits per heavy atom. The maximum Gasteiger partial charge on any atom is 0.0878 e. The van der Waals surface area contributed by atoms with E-state index in [0.717, 1.165) is 45.5 Å². The maximum absolute atomic E-state index is 6.00. The van der Waals surface area contributed by atoms with Crippen molar-refractivity contribution >= 4 is 11.4 Å². The Kier molecular flexibility index (Phi) is 4.54. The molecule has 0 saturated carbocycles. The van der Waals surface area contributed by atoms with Crippen LogP contribution in [-0.2, 0) is 24.0 Å². The average molecular weight is 322 g/mol. The molecule has 126 valence electrons. The molecule has 1 atom stereocenters. The molecule has 0 aliphatic carbocycles. The molecule has 0 amide bonds. The molecule has 3 heteroatoms. The molecule has 4 rings (SSSR count). The highest BCUT2D eigenvalue weighted by Crippen LogP contribution is 2.37. The van der Waals surface area contributed by atoms with Crippen molar-refractivity contribution in [1.29, 1.82) is 0 Å². The second-order valence-corrected chi connectivity index (χ2v) is 6.75. The minimum absolute atomic E-state index is 0.239. The number of nitrogens with one attached hydrogen (secondary N) is 1. The van der Waals surface area contributed by atoms with Crippen LogP contribution in [0, 0.1) is 0 Å². The number of hydrogen-bond acceptors (Lipinski definition) is 3. The normalized spacial score (nSPS) is 20.2. The molecule has 2 aromatic carbocycles. The van der Waals surface area contributed by atoms with Gasteiger partial charge in [0.1, 0.15) is 0 Å². The summed E-state index contributed by atoms with van der Waals surface area (Å²) in [6, 6.07) is 15.8. The van der Waals surface area contributed by atoms with Gasteiger partial charge in [-0.1, -0.05) is 37.3 Å². The maximum atomic E-state index is 6.00. The van der Waals surface area contributed by atoms with Crippen LogP contribution >= 0.6 is 0 Å². The van der Waals surface area contributed by atoms with E-state index in [2.05, 4.69) is 59.6 Å². The van der Waals surface area contributed by atoms with Gasteiger partial charge in [0.15, 0.2) is 0 Å². The largest absolute Gasteiger partial charge is 0.374 e. The van der Waals surface area contributed by atoms with Gasteiger partial charge < -0.3 is 15.0 Å². The second kappa shape index (κ2) is 6.96. The van der Waals surface area contributed by atoms with Crippen LogP contribution in [0.4, 0.5) is 11.4 Å². The Bertz CT molecular complexity index is 707. The molecule has 2 aliphatic rings. The molecule has 0 radical (unpaired) electrons. The Morgan fingerprint density at radius 2 is 1.92 bits per heavy atom. The van der Waals surface area contributed by atoms with E-state index in [1.54, 1.807) is 0 Å². The highest BCUT2D eigenvalue weighted by atomic mass is 16.5. The number of hydrogen-bond donors (Lipinski definition) is 1. The van der Waals surface area contributed by atoms with Gasteiger partial charge in [0, 0.05) is 24.5 Å². The number of ether oxygens (including phenoxy) is 1. The summed E-state index contributed by atoms with van der Waals surface area (Å²) in [6.07, 6.45) is 3.53. The summed E-state index contributed by atoms with van der Waals surface area (Å²) in [4.78, 5) is 2.49. The van der Waals surface area contributed by atoms with Gasteiger partial charge in [-0.15, -0.1) is 0 Å². The molecule has 1 fully saturated rings. The van der Waals surface area contributed by atoms with E-state index in [1.165, 1.54) is 28.1 Å². The van der Waals surface area contributed by atoms with Crippen LogP contribution in [0.2, 0.25) is 0 Å². The van der Waals surface area contributed by atoms with E-state index >= 15 is 0 Å². The summed E-state index contributed by atoms with van der Waals surface area (Å²) in [7, 11) is 0. The van der Waals surface area contributed by atoms with Gasteiger partial charge in [-0.05, 0) is 48.1 Å². The van der Waals surface area contributed by atoms with Crippen molar-refractivity contribution in [2.45, 2.75) is 32.3 Å². The molecule has 3 nitrogen and oxygen atoms in total. The predicted octanol–water partition coefficient (Wildman–Crippen LogP) is 3.47. The number of fused-ring (bicyclic) bond motifs is 2. The fraction of sp³-hybridized carbons (Fsp3) is 0.429. The second-order valence-electron chi connectivity index (χ2n) is 6.75. The molecule has 1 saturated heterocycles. The minimum Gasteiger partial charge on any atom is -0.374 e. The Morgan fingerprint density at radius 1 is 1.08 bits per heavy atom. The Balaban J connectivity index is 1.76. The smallest absolute Gasteiger partial charge is 0.0878 e. The fourth-order valence-corrected chi connectivity index (χ4v) is 3.81. The van der Waals surface area contributed by atoms with Gasteiger partial charge >= 0.3 is 0 Å². The first-order chi connectivity index (χ1) is 11.8. The molecule has 0 bridgehead atoms. The summed E-state index contributed by atoms with van der Waals surface area (Å²) in [5.74, 6) is 0. The molecular weight excluding hydrogens is 296 g/mol. The third kappa shape index (κ3) is 3.06. The van der Waals surface area contributed by atoms with Crippen LogP contribution in [0.25, 0.3) is 0 Å². The van der Waals surface area contributed by atoms with Crippen LogP contribution in [0.5, 0.6) is 0 Å². The molecule has 1 unspecified atom stereocenters. The van der Waals surface area contributed by atoms with Crippen LogP contribution in [-0.4, -0.2) is 32.3 Å². The number of anilines is 2. The summed E-state index contributed by atoms with van der Waals surface area (Å²) < 4.78 is 6.00. The molecule has 2 aromatic rings. The van der Waals surface area contributed by atoms with E-state index < -0.39 is 0 Å². The molecule has 2 heterocycles. The zero-order chi connectivity index (χ0) is 16.4. The van der Waals surface area contributed by atoms with Crippen molar-refractivity contribution in [1.82, 2.24) is 5.32 Å². The summed E-state index contributed by atoms with van der Waals surface area (Å²) in [5.41, 5.74) is 7.01. The highest BCUT2D eigenvalue weighted by Gasteiger charge is 2.24. The predicted molar refractivity (Wildman–Crippen MR) is 99.3 cm³/mol. The van der Waals surface area contributed by atoms with E-state index in [9.17, 15) is 0 Å². The average Bonchev–Trinajstić information content (AvgIpc) is 2.80. The van der Waals surface area contributed by atoms with Crippen LogP contribution in [0.1, 0.15) is 23.6 Å². The molecule has 2 aliphatic heterocycles. The van der Waals surface area contributed by atoms with Crippen molar-refractivity contribution < 1.29 is 4.74 Å². The van der Waals surface area contributed by atoms with E-state index in [-0.39, 0.29) is 6.10 Å². The lowest BCUT2D eigenvalue weighted by molar-refractivity contribution is 0.0346. The van der Waals surface area contributed by atoms with Crippen molar-refractivity contribution in [3.8, 4) is 0 Å². The van der Waals surface area contributed by atoms with E-state index in [0.29, 0.717) is 0 Å². The van der Waals surface area contributed by atoms with Gasteiger partial charge in [-0.2, -0.15) is 0 Å². The fourth-order valence-electron chi connectivity index (χ4n) is 3.81. The van der Waals surface area contributed by atoms with E-state index in [4.69, 9.17) is 4.74 Å². The summed E-state index contributed by atoms with van der Waals surface area (Å²) in [5, 5.41) is 3.46. The molecule has 0 spiro atoms. The van der Waals surface area contributed by atoms with Crippen LogP contribution < -0.4 is 10.2 Å². The third-order valence-electron chi connectivity index (χ3n) is 5.19. The first kappa shape index (κ1) is 15.7. The van der Waals surface area contributed by atoms with Gasteiger partial charge in [0.2, 0.25) is 0 Å². The van der Waals surface area contributed by atoms with Crippen molar-refractivity contribution in [3.63, 3.8) is 0 Å². The molecule has 1 N–H and O–H groups in total. The zero-order valence-electron chi connectivity index (χ0n) is 14.4. The molecule has 0 aromatic heterocycles. The summed E-state index contributed by atoms with van der Waals surface area (Å²) >= 11 is 0.